The van der Waals surface area contributed by atoms with Crippen LogP contribution in [0.4, 0.5) is 0 Å². The molecular weight excluding hydrogens is 138 g/mol. The van der Waals surface area contributed by atoms with Crippen LogP contribution < -0.4 is 0 Å². The molecular formula is C8H11N3. The van der Waals surface area contributed by atoms with Gasteiger partial charge in [-0.1, -0.05) is 13.8 Å². The Bertz CT molecular complexity index is 267. The summed E-state index contributed by atoms with van der Waals surface area (Å²) in [5.74, 6) is 0.593. The van der Waals surface area contributed by atoms with E-state index in [9.17, 15) is 0 Å². The Kier molecular flexibility index (Phi) is 2.27. The summed E-state index contributed by atoms with van der Waals surface area (Å²) in [6, 6.07) is 1.99. The van der Waals surface area contributed by atoms with Crippen LogP contribution in [0.1, 0.15) is 19.5 Å². The predicted molar refractivity (Wildman–Crippen MR) is 41.8 cm³/mol. The van der Waals surface area contributed by atoms with Gasteiger partial charge in [0.05, 0.1) is 6.33 Å². The fourth-order valence-corrected chi connectivity index (χ4v) is 0.939. The Morgan fingerprint density at radius 2 is 2.45 bits per heavy atom. The maximum absolute atomic E-state index is 8.46. The van der Waals surface area contributed by atoms with Crippen LogP contribution in [-0.4, -0.2) is 9.55 Å². The fraction of sp³-hybridized carbons (Fsp3) is 0.500. The maximum Gasteiger partial charge on any atom is 0.158 e. The molecule has 1 aromatic heterocycles. The lowest BCUT2D eigenvalue weighted by molar-refractivity contribution is 0.523. The molecule has 0 saturated heterocycles. The van der Waals surface area contributed by atoms with E-state index in [1.807, 2.05) is 10.6 Å². The number of nitriles is 1. The van der Waals surface area contributed by atoms with Gasteiger partial charge in [0.15, 0.2) is 5.69 Å². The van der Waals surface area contributed by atoms with E-state index in [1.165, 1.54) is 0 Å². The first kappa shape index (κ1) is 7.80. The van der Waals surface area contributed by atoms with Crippen molar-refractivity contribution in [3.8, 4) is 6.07 Å². The maximum atomic E-state index is 8.46. The zero-order chi connectivity index (χ0) is 8.27. The summed E-state index contributed by atoms with van der Waals surface area (Å²) < 4.78 is 1.93. The first-order chi connectivity index (χ1) is 5.22. The van der Waals surface area contributed by atoms with Gasteiger partial charge >= 0.3 is 0 Å². The van der Waals surface area contributed by atoms with Crippen LogP contribution in [0.25, 0.3) is 0 Å². The second-order valence-electron chi connectivity index (χ2n) is 2.96. The highest BCUT2D eigenvalue weighted by atomic mass is 15.0. The topological polar surface area (TPSA) is 41.6 Å². The highest BCUT2D eigenvalue weighted by molar-refractivity contribution is 5.15. The van der Waals surface area contributed by atoms with Crippen LogP contribution in [0, 0.1) is 17.2 Å². The zero-order valence-electron chi connectivity index (χ0n) is 6.78. The van der Waals surface area contributed by atoms with Gasteiger partial charge < -0.3 is 4.57 Å². The van der Waals surface area contributed by atoms with Gasteiger partial charge in [0.2, 0.25) is 0 Å². The quantitative estimate of drug-likeness (QED) is 0.638. The van der Waals surface area contributed by atoms with E-state index in [4.69, 9.17) is 5.26 Å². The average Bonchev–Trinajstić information content (AvgIpc) is 2.34. The van der Waals surface area contributed by atoms with E-state index in [2.05, 4.69) is 18.8 Å². The monoisotopic (exact) mass is 149 g/mol. The van der Waals surface area contributed by atoms with Crippen molar-refractivity contribution in [3.05, 3.63) is 18.2 Å². The minimum absolute atomic E-state index is 0.491. The van der Waals surface area contributed by atoms with Crippen LogP contribution in [-0.2, 0) is 6.54 Å². The average molecular weight is 149 g/mol. The summed E-state index contributed by atoms with van der Waals surface area (Å²) in [4.78, 5) is 3.89. The molecule has 0 fully saturated rings. The van der Waals surface area contributed by atoms with E-state index < -0.39 is 0 Å². The summed E-state index contributed by atoms with van der Waals surface area (Å²) in [5, 5.41) is 8.46. The standard InChI is InChI=1S/C8H11N3/c1-7(2)4-11-5-8(3-9)10-6-11/h5-7H,4H2,1-2H3. The molecule has 0 saturated carbocycles. The van der Waals surface area contributed by atoms with Crippen molar-refractivity contribution in [2.24, 2.45) is 5.92 Å². The highest BCUT2D eigenvalue weighted by Crippen LogP contribution is 2.00. The van der Waals surface area contributed by atoms with E-state index in [1.54, 1.807) is 12.5 Å². The van der Waals surface area contributed by atoms with Gasteiger partial charge in [-0.2, -0.15) is 5.26 Å². The molecule has 1 heterocycles. The van der Waals surface area contributed by atoms with Crippen molar-refractivity contribution in [2.75, 3.05) is 0 Å². The molecule has 0 unspecified atom stereocenters. The number of imidazole rings is 1. The third kappa shape index (κ3) is 2.08. The largest absolute Gasteiger partial charge is 0.336 e. The Morgan fingerprint density at radius 3 is 2.91 bits per heavy atom. The number of rotatable bonds is 2. The van der Waals surface area contributed by atoms with Gasteiger partial charge in [-0.15, -0.1) is 0 Å². The van der Waals surface area contributed by atoms with Gasteiger partial charge in [0.25, 0.3) is 0 Å². The number of nitrogens with zero attached hydrogens (tertiary/aromatic N) is 3. The lowest BCUT2D eigenvalue weighted by atomic mass is 10.2. The minimum atomic E-state index is 0.491. The summed E-state index contributed by atoms with van der Waals surface area (Å²) in [7, 11) is 0. The number of hydrogen-bond donors (Lipinski definition) is 0. The molecule has 0 aliphatic carbocycles. The third-order valence-corrected chi connectivity index (χ3v) is 1.32. The Hall–Kier alpha value is -1.30. The molecule has 0 amide bonds. The van der Waals surface area contributed by atoms with E-state index in [0.29, 0.717) is 11.6 Å². The molecule has 1 aromatic rings. The molecule has 0 atom stereocenters. The minimum Gasteiger partial charge on any atom is -0.336 e. The van der Waals surface area contributed by atoms with Crippen LogP contribution in [0.15, 0.2) is 12.5 Å². The smallest absolute Gasteiger partial charge is 0.158 e. The first-order valence-corrected chi connectivity index (χ1v) is 3.64. The van der Waals surface area contributed by atoms with Gasteiger partial charge in [-0.3, -0.25) is 0 Å². The third-order valence-electron chi connectivity index (χ3n) is 1.32. The van der Waals surface area contributed by atoms with Gasteiger partial charge in [0, 0.05) is 12.7 Å². The van der Waals surface area contributed by atoms with Crippen molar-refractivity contribution >= 4 is 0 Å². The predicted octanol–water partition coefficient (Wildman–Crippen LogP) is 1.41. The van der Waals surface area contributed by atoms with Gasteiger partial charge in [-0.25, -0.2) is 4.98 Å². The van der Waals surface area contributed by atoms with Crippen LogP contribution in [0.5, 0.6) is 0 Å². The molecule has 0 N–H and O–H groups in total. The lowest BCUT2D eigenvalue weighted by Gasteiger charge is -2.03. The first-order valence-electron chi connectivity index (χ1n) is 3.64. The zero-order valence-corrected chi connectivity index (χ0v) is 6.78. The summed E-state index contributed by atoms with van der Waals surface area (Å²) in [6.45, 7) is 5.19. The van der Waals surface area contributed by atoms with Crippen LogP contribution in [0.2, 0.25) is 0 Å². The SMILES string of the molecule is CC(C)Cn1cnc(C#N)c1. The Morgan fingerprint density at radius 1 is 1.73 bits per heavy atom. The Balaban J connectivity index is 2.67. The Labute approximate surface area is 66.3 Å². The summed E-state index contributed by atoms with van der Waals surface area (Å²) >= 11 is 0. The molecule has 0 radical (unpaired) electrons. The van der Waals surface area contributed by atoms with Crippen molar-refractivity contribution in [1.29, 1.82) is 5.26 Å². The second kappa shape index (κ2) is 3.20. The molecule has 0 bridgehead atoms. The normalized spacial score (nSPS) is 10.0. The van der Waals surface area contributed by atoms with E-state index in [-0.39, 0.29) is 0 Å². The molecule has 0 aromatic carbocycles. The van der Waals surface area contributed by atoms with Crippen molar-refractivity contribution in [3.63, 3.8) is 0 Å². The van der Waals surface area contributed by atoms with Crippen molar-refractivity contribution in [2.45, 2.75) is 20.4 Å². The summed E-state index contributed by atoms with van der Waals surface area (Å²) in [5.41, 5.74) is 0.491. The van der Waals surface area contributed by atoms with Crippen LogP contribution >= 0.6 is 0 Å². The highest BCUT2D eigenvalue weighted by Gasteiger charge is 1.98. The molecule has 0 aliphatic heterocycles. The molecule has 3 nitrogen and oxygen atoms in total. The molecule has 0 spiro atoms. The number of hydrogen-bond acceptors (Lipinski definition) is 2. The van der Waals surface area contributed by atoms with Gasteiger partial charge in [0.1, 0.15) is 6.07 Å². The fourth-order valence-electron chi connectivity index (χ4n) is 0.939. The molecule has 0 aliphatic rings. The van der Waals surface area contributed by atoms with Crippen molar-refractivity contribution < 1.29 is 0 Å². The lowest BCUT2D eigenvalue weighted by Crippen LogP contribution is -2.00. The molecule has 3 heteroatoms. The van der Waals surface area contributed by atoms with Gasteiger partial charge in [-0.05, 0) is 5.92 Å². The molecule has 1 rings (SSSR count). The molecule has 11 heavy (non-hydrogen) atoms. The second-order valence-corrected chi connectivity index (χ2v) is 2.96. The van der Waals surface area contributed by atoms with Crippen LogP contribution in [0.3, 0.4) is 0 Å². The van der Waals surface area contributed by atoms with E-state index >= 15 is 0 Å². The van der Waals surface area contributed by atoms with E-state index in [0.717, 1.165) is 6.54 Å². The van der Waals surface area contributed by atoms with Crippen molar-refractivity contribution in [1.82, 2.24) is 9.55 Å². The molecule has 58 valence electrons. The summed E-state index contributed by atoms with van der Waals surface area (Å²) in [6.07, 6.45) is 3.46. The number of aromatic nitrogens is 2.